The number of rotatable bonds is 5. The Morgan fingerprint density at radius 3 is 2.59 bits per heavy atom. The van der Waals surface area contributed by atoms with E-state index in [1.54, 1.807) is 11.9 Å². The van der Waals surface area contributed by atoms with E-state index in [0.29, 0.717) is 13.2 Å². The molecule has 0 saturated carbocycles. The van der Waals surface area contributed by atoms with Crippen LogP contribution in [0.3, 0.4) is 0 Å². The number of carbonyl (C=O) groups excluding carboxylic acids is 1. The predicted octanol–water partition coefficient (Wildman–Crippen LogP) is -0.184. The van der Waals surface area contributed by atoms with Crippen molar-refractivity contribution >= 4 is 11.9 Å². The molecule has 0 spiro atoms. The standard InChI is InChI=1S/C11H20N2O4/c1-13(8-4-6-17-7-5-8)10(14)3-2-9(12)11(15)16/h8-9H,2-7,12H2,1H3,(H,15,16). The zero-order valence-corrected chi connectivity index (χ0v) is 10.1. The smallest absolute Gasteiger partial charge is 0.320 e. The van der Waals surface area contributed by atoms with Crippen LogP contribution in [0.25, 0.3) is 0 Å². The third-order valence-electron chi connectivity index (χ3n) is 3.12. The summed E-state index contributed by atoms with van der Waals surface area (Å²) in [5.41, 5.74) is 5.35. The lowest BCUT2D eigenvalue weighted by molar-refractivity contribution is -0.139. The van der Waals surface area contributed by atoms with Gasteiger partial charge in [-0.3, -0.25) is 9.59 Å². The summed E-state index contributed by atoms with van der Waals surface area (Å²) in [5, 5.41) is 8.62. The summed E-state index contributed by atoms with van der Waals surface area (Å²) in [6, 6.07) is -0.751. The lowest BCUT2D eigenvalue weighted by Crippen LogP contribution is -2.41. The van der Waals surface area contributed by atoms with Gasteiger partial charge in [0.05, 0.1) is 0 Å². The minimum atomic E-state index is -1.06. The Labute approximate surface area is 101 Å². The molecule has 3 N–H and O–H groups in total. The van der Waals surface area contributed by atoms with Crippen LogP contribution in [0.2, 0.25) is 0 Å². The van der Waals surface area contributed by atoms with Gasteiger partial charge in [-0.25, -0.2) is 0 Å². The molecule has 1 aliphatic heterocycles. The van der Waals surface area contributed by atoms with E-state index < -0.39 is 12.0 Å². The van der Waals surface area contributed by atoms with Crippen LogP contribution in [-0.2, 0) is 14.3 Å². The average Bonchev–Trinajstić information content (AvgIpc) is 2.35. The number of amides is 1. The Morgan fingerprint density at radius 1 is 1.47 bits per heavy atom. The van der Waals surface area contributed by atoms with Crippen LogP contribution < -0.4 is 5.73 Å². The van der Waals surface area contributed by atoms with Crippen molar-refractivity contribution in [3.8, 4) is 0 Å². The molecule has 0 radical (unpaired) electrons. The third kappa shape index (κ3) is 4.32. The van der Waals surface area contributed by atoms with Gasteiger partial charge in [0.1, 0.15) is 6.04 Å². The first-order valence-corrected chi connectivity index (χ1v) is 5.84. The number of nitrogens with two attached hydrogens (primary N) is 1. The highest BCUT2D eigenvalue weighted by Crippen LogP contribution is 2.14. The number of carboxylic acid groups (broad SMARTS) is 1. The van der Waals surface area contributed by atoms with E-state index in [-0.39, 0.29) is 24.8 Å². The van der Waals surface area contributed by atoms with Gasteiger partial charge in [-0.2, -0.15) is 0 Å². The average molecular weight is 244 g/mol. The Kier molecular flexibility index (Phi) is 5.37. The molecule has 6 nitrogen and oxygen atoms in total. The molecule has 0 aromatic rings. The third-order valence-corrected chi connectivity index (χ3v) is 3.12. The van der Waals surface area contributed by atoms with E-state index in [2.05, 4.69) is 0 Å². The summed E-state index contributed by atoms with van der Waals surface area (Å²) >= 11 is 0. The molecule has 1 fully saturated rings. The number of ether oxygens (including phenoxy) is 1. The van der Waals surface area contributed by atoms with Crippen molar-refractivity contribution in [1.82, 2.24) is 4.90 Å². The Morgan fingerprint density at radius 2 is 2.06 bits per heavy atom. The minimum Gasteiger partial charge on any atom is -0.480 e. The topological polar surface area (TPSA) is 92.9 Å². The van der Waals surface area contributed by atoms with E-state index >= 15 is 0 Å². The summed E-state index contributed by atoms with van der Waals surface area (Å²) in [6.07, 6.45) is 2.05. The maximum absolute atomic E-state index is 11.8. The molecule has 1 amide bonds. The van der Waals surface area contributed by atoms with Crippen LogP contribution in [0.4, 0.5) is 0 Å². The number of carboxylic acids is 1. The van der Waals surface area contributed by atoms with E-state index in [4.69, 9.17) is 15.6 Å². The first kappa shape index (κ1) is 13.9. The first-order chi connectivity index (χ1) is 8.02. The molecule has 0 aliphatic carbocycles. The highest BCUT2D eigenvalue weighted by Gasteiger charge is 2.23. The SMILES string of the molecule is CN(C(=O)CCC(N)C(=O)O)C1CCOCC1. The molecular weight excluding hydrogens is 224 g/mol. The summed E-state index contributed by atoms with van der Waals surface area (Å²) in [5.74, 6) is -1.11. The maximum Gasteiger partial charge on any atom is 0.320 e. The summed E-state index contributed by atoms with van der Waals surface area (Å²) in [7, 11) is 1.75. The Balaban J connectivity index is 2.33. The second kappa shape index (κ2) is 6.56. The van der Waals surface area contributed by atoms with Gasteiger partial charge >= 0.3 is 5.97 Å². The lowest BCUT2D eigenvalue weighted by Gasteiger charge is -2.31. The summed E-state index contributed by atoms with van der Waals surface area (Å²) < 4.78 is 5.22. The molecule has 1 saturated heterocycles. The largest absolute Gasteiger partial charge is 0.480 e. The number of nitrogens with zero attached hydrogens (tertiary/aromatic N) is 1. The highest BCUT2D eigenvalue weighted by atomic mass is 16.5. The zero-order chi connectivity index (χ0) is 12.8. The van der Waals surface area contributed by atoms with Crippen LogP contribution >= 0.6 is 0 Å². The van der Waals surface area contributed by atoms with Gasteiger partial charge < -0.3 is 20.5 Å². The molecule has 98 valence electrons. The summed E-state index contributed by atoms with van der Waals surface area (Å²) in [6.45, 7) is 1.36. The number of hydrogen-bond acceptors (Lipinski definition) is 4. The fraction of sp³-hybridized carbons (Fsp3) is 0.818. The fourth-order valence-corrected chi connectivity index (χ4v) is 1.85. The number of carbonyl (C=O) groups is 2. The van der Waals surface area contributed by atoms with Crippen molar-refractivity contribution in [3.05, 3.63) is 0 Å². The van der Waals surface area contributed by atoms with Crippen LogP contribution in [0.15, 0.2) is 0 Å². The Bertz CT molecular complexity index is 277. The molecule has 1 unspecified atom stereocenters. The molecule has 1 atom stereocenters. The monoisotopic (exact) mass is 244 g/mol. The lowest BCUT2D eigenvalue weighted by atomic mass is 10.1. The molecular formula is C11H20N2O4. The van der Waals surface area contributed by atoms with Crippen LogP contribution in [0, 0.1) is 0 Å². The Hall–Kier alpha value is -1.14. The second-order valence-corrected chi connectivity index (χ2v) is 4.33. The minimum absolute atomic E-state index is 0.0476. The molecule has 1 rings (SSSR count). The van der Waals surface area contributed by atoms with Crippen molar-refractivity contribution < 1.29 is 19.4 Å². The highest BCUT2D eigenvalue weighted by molar-refractivity contribution is 5.78. The van der Waals surface area contributed by atoms with Crippen molar-refractivity contribution in [2.24, 2.45) is 5.73 Å². The number of aliphatic carboxylic acids is 1. The fourth-order valence-electron chi connectivity index (χ4n) is 1.85. The molecule has 6 heteroatoms. The van der Waals surface area contributed by atoms with E-state index in [9.17, 15) is 9.59 Å². The molecule has 0 aromatic heterocycles. The van der Waals surface area contributed by atoms with Gasteiger partial charge in [-0.05, 0) is 19.3 Å². The van der Waals surface area contributed by atoms with Gasteiger partial charge in [0.25, 0.3) is 0 Å². The van der Waals surface area contributed by atoms with Gasteiger partial charge in [0, 0.05) is 32.7 Å². The quantitative estimate of drug-likeness (QED) is 0.699. The number of hydrogen-bond donors (Lipinski definition) is 2. The van der Waals surface area contributed by atoms with Gasteiger partial charge in [0.15, 0.2) is 0 Å². The van der Waals surface area contributed by atoms with Gasteiger partial charge in [0.2, 0.25) is 5.91 Å². The first-order valence-electron chi connectivity index (χ1n) is 5.84. The van der Waals surface area contributed by atoms with Gasteiger partial charge in [-0.15, -0.1) is 0 Å². The summed E-state index contributed by atoms with van der Waals surface area (Å²) in [4.78, 5) is 24.0. The van der Waals surface area contributed by atoms with Crippen molar-refractivity contribution in [1.29, 1.82) is 0 Å². The van der Waals surface area contributed by atoms with Gasteiger partial charge in [-0.1, -0.05) is 0 Å². The van der Waals surface area contributed by atoms with Crippen molar-refractivity contribution in [2.45, 2.75) is 37.8 Å². The second-order valence-electron chi connectivity index (χ2n) is 4.33. The van der Waals surface area contributed by atoms with Crippen molar-refractivity contribution in [2.75, 3.05) is 20.3 Å². The van der Waals surface area contributed by atoms with Crippen LogP contribution in [0.1, 0.15) is 25.7 Å². The molecule has 17 heavy (non-hydrogen) atoms. The normalized spacial score (nSPS) is 18.7. The van der Waals surface area contributed by atoms with E-state index in [1.165, 1.54) is 0 Å². The van der Waals surface area contributed by atoms with E-state index in [1.807, 2.05) is 0 Å². The van der Waals surface area contributed by atoms with Crippen molar-refractivity contribution in [3.63, 3.8) is 0 Å². The van der Waals surface area contributed by atoms with E-state index in [0.717, 1.165) is 12.8 Å². The maximum atomic E-state index is 11.8. The van der Waals surface area contributed by atoms with Crippen LogP contribution in [-0.4, -0.2) is 54.2 Å². The molecule has 1 heterocycles. The molecule has 0 aromatic carbocycles. The predicted molar refractivity (Wildman–Crippen MR) is 61.5 cm³/mol. The zero-order valence-electron chi connectivity index (χ0n) is 10.1. The molecule has 1 aliphatic rings. The van der Waals surface area contributed by atoms with Crippen LogP contribution in [0.5, 0.6) is 0 Å². The molecule has 0 bridgehead atoms.